The summed E-state index contributed by atoms with van der Waals surface area (Å²) in [7, 11) is 0. The topological polar surface area (TPSA) is 64.6 Å². The van der Waals surface area contributed by atoms with E-state index in [1.165, 1.54) is 11.3 Å². The largest absolute Gasteiger partial charge is 0.448 e. The predicted octanol–water partition coefficient (Wildman–Crippen LogP) is 2.61. The van der Waals surface area contributed by atoms with Crippen molar-refractivity contribution in [2.45, 2.75) is 45.3 Å². The summed E-state index contributed by atoms with van der Waals surface area (Å²) in [6.07, 6.45) is 1.83. The summed E-state index contributed by atoms with van der Waals surface area (Å²) in [5, 5.41) is 4.65. The van der Waals surface area contributed by atoms with Gasteiger partial charge in [-0.2, -0.15) is 0 Å². The zero-order valence-electron chi connectivity index (χ0n) is 13.0. The van der Waals surface area contributed by atoms with Crippen LogP contribution in [0.4, 0.5) is 0 Å². The summed E-state index contributed by atoms with van der Waals surface area (Å²) >= 11 is 1.31. The molecule has 1 aromatic rings. The van der Waals surface area contributed by atoms with Crippen molar-refractivity contribution in [3.8, 4) is 0 Å². The minimum absolute atomic E-state index is 0.0802. The predicted molar refractivity (Wildman–Crippen MR) is 85.0 cm³/mol. The van der Waals surface area contributed by atoms with Crippen LogP contribution >= 0.6 is 11.3 Å². The Labute approximate surface area is 135 Å². The molecule has 0 aromatic carbocycles. The molecule has 0 spiro atoms. The molecule has 2 heterocycles. The van der Waals surface area contributed by atoms with Crippen LogP contribution < -0.4 is 5.32 Å². The van der Waals surface area contributed by atoms with Crippen molar-refractivity contribution < 1.29 is 19.1 Å². The zero-order chi connectivity index (χ0) is 15.9. The van der Waals surface area contributed by atoms with Crippen molar-refractivity contribution in [2.24, 2.45) is 5.92 Å². The normalized spacial score (nSPS) is 19.1. The van der Waals surface area contributed by atoms with Crippen molar-refractivity contribution in [3.63, 3.8) is 0 Å². The van der Waals surface area contributed by atoms with Crippen molar-refractivity contribution in [3.05, 3.63) is 22.4 Å². The lowest BCUT2D eigenvalue weighted by molar-refractivity contribution is -0.131. The smallest absolute Gasteiger partial charge is 0.349 e. The first-order chi connectivity index (χ1) is 10.6. The van der Waals surface area contributed by atoms with Gasteiger partial charge in [0.15, 0.2) is 6.10 Å². The lowest BCUT2D eigenvalue weighted by Gasteiger charge is -2.20. The maximum absolute atomic E-state index is 12.3. The highest BCUT2D eigenvalue weighted by Gasteiger charge is 2.26. The third kappa shape index (κ3) is 5.10. The van der Waals surface area contributed by atoms with E-state index in [-0.39, 0.29) is 17.9 Å². The maximum Gasteiger partial charge on any atom is 0.349 e. The first kappa shape index (κ1) is 17.0. The molecule has 1 fully saturated rings. The first-order valence-electron chi connectivity index (χ1n) is 7.70. The minimum atomic E-state index is -0.754. The fourth-order valence-electron chi connectivity index (χ4n) is 2.35. The van der Waals surface area contributed by atoms with Crippen LogP contribution in [0.3, 0.4) is 0 Å². The van der Waals surface area contributed by atoms with Crippen molar-refractivity contribution in [1.82, 2.24) is 5.32 Å². The molecule has 1 aromatic heterocycles. The van der Waals surface area contributed by atoms with Crippen LogP contribution in [0, 0.1) is 5.92 Å². The van der Waals surface area contributed by atoms with Gasteiger partial charge in [0.05, 0.1) is 6.10 Å². The highest BCUT2D eigenvalue weighted by atomic mass is 32.1. The number of hydrogen-bond acceptors (Lipinski definition) is 5. The summed E-state index contributed by atoms with van der Waals surface area (Å²) in [5.74, 6) is -0.420. The van der Waals surface area contributed by atoms with Crippen molar-refractivity contribution >= 4 is 23.2 Å². The number of thiophene rings is 1. The van der Waals surface area contributed by atoms with E-state index < -0.39 is 12.1 Å². The quantitative estimate of drug-likeness (QED) is 0.783. The molecule has 0 bridgehead atoms. The SMILES string of the molecule is CC(C)C[C@@H](OC(=O)c1cccs1)C(=O)NC[C@H]1CCCO1. The van der Waals surface area contributed by atoms with Crippen LogP contribution in [-0.2, 0) is 14.3 Å². The molecule has 0 aliphatic carbocycles. The molecule has 1 aliphatic rings. The van der Waals surface area contributed by atoms with E-state index in [0.29, 0.717) is 17.8 Å². The number of carbonyl (C=O) groups excluding carboxylic acids is 2. The Morgan fingerprint density at radius 2 is 2.32 bits per heavy atom. The lowest BCUT2D eigenvalue weighted by atomic mass is 10.1. The van der Waals surface area contributed by atoms with Gasteiger partial charge in [-0.15, -0.1) is 11.3 Å². The van der Waals surface area contributed by atoms with Gasteiger partial charge in [-0.05, 0) is 36.6 Å². The molecule has 1 N–H and O–H groups in total. The molecule has 2 atom stereocenters. The van der Waals surface area contributed by atoms with Gasteiger partial charge < -0.3 is 14.8 Å². The molecule has 1 saturated heterocycles. The van der Waals surface area contributed by atoms with Crippen LogP contribution in [0.15, 0.2) is 17.5 Å². The average molecular weight is 325 g/mol. The van der Waals surface area contributed by atoms with E-state index >= 15 is 0 Å². The molecule has 5 nitrogen and oxygen atoms in total. The van der Waals surface area contributed by atoms with E-state index in [2.05, 4.69) is 5.32 Å². The number of carbonyl (C=O) groups is 2. The summed E-state index contributed by atoms with van der Waals surface area (Å²) in [4.78, 5) is 24.9. The summed E-state index contributed by atoms with van der Waals surface area (Å²) < 4.78 is 10.9. The van der Waals surface area contributed by atoms with Gasteiger partial charge in [0.25, 0.3) is 5.91 Å². The highest BCUT2D eigenvalue weighted by Crippen LogP contribution is 2.16. The Balaban J connectivity index is 1.89. The highest BCUT2D eigenvalue weighted by molar-refractivity contribution is 7.11. The molecule has 0 unspecified atom stereocenters. The molecule has 1 aliphatic heterocycles. The fourth-order valence-corrected chi connectivity index (χ4v) is 2.96. The van der Waals surface area contributed by atoms with Crippen LogP contribution in [-0.4, -0.2) is 37.2 Å². The molecule has 0 radical (unpaired) electrons. The van der Waals surface area contributed by atoms with E-state index in [1.54, 1.807) is 12.1 Å². The Bertz CT molecular complexity index is 480. The second kappa shape index (κ2) is 8.29. The monoisotopic (exact) mass is 325 g/mol. The molecular weight excluding hydrogens is 302 g/mol. The Hall–Kier alpha value is -1.40. The van der Waals surface area contributed by atoms with Gasteiger partial charge in [-0.1, -0.05) is 19.9 Å². The third-order valence-corrected chi connectivity index (χ3v) is 4.33. The Kier molecular flexibility index (Phi) is 6.39. The number of esters is 1. The molecule has 2 rings (SSSR count). The number of ether oxygens (including phenoxy) is 2. The second-order valence-electron chi connectivity index (χ2n) is 5.88. The number of nitrogens with one attached hydrogen (secondary N) is 1. The van der Waals surface area contributed by atoms with Crippen LogP contribution in [0.25, 0.3) is 0 Å². The zero-order valence-corrected chi connectivity index (χ0v) is 13.9. The van der Waals surface area contributed by atoms with Gasteiger partial charge in [0.2, 0.25) is 0 Å². The number of rotatable bonds is 7. The summed E-state index contributed by atoms with van der Waals surface area (Å²) in [6.45, 7) is 5.23. The third-order valence-electron chi connectivity index (χ3n) is 3.48. The summed E-state index contributed by atoms with van der Waals surface area (Å²) in [5.41, 5.74) is 0. The van der Waals surface area contributed by atoms with Gasteiger partial charge in [-0.3, -0.25) is 4.79 Å². The molecular formula is C16H23NO4S. The molecule has 122 valence electrons. The number of amides is 1. The second-order valence-corrected chi connectivity index (χ2v) is 6.83. The van der Waals surface area contributed by atoms with Gasteiger partial charge in [0, 0.05) is 13.2 Å². The average Bonchev–Trinajstić information content (AvgIpc) is 3.16. The minimum Gasteiger partial charge on any atom is -0.448 e. The van der Waals surface area contributed by atoms with Crippen molar-refractivity contribution in [2.75, 3.05) is 13.2 Å². The van der Waals surface area contributed by atoms with E-state index in [0.717, 1.165) is 19.4 Å². The van der Waals surface area contributed by atoms with Gasteiger partial charge >= 0.3 is 5.97 Å². The van der Waals surface area contributed by atoms with Gasteiger partial charge in [0.1, 0.15) is 4.88 Å². The Morgan fingerprint density at radius 3 is 2.91 bits per heavy atom. The lowest BCUT2D eigenvalue weighted by Crippen LogP contribution is -2.41. The number of hydrogen-bond donors (Lipinski definition) is 1. The Morgan fingerprint density at radius 1 is 1.50 bits per heavy atom. The van der Waals surface area contributed by atoms with Crippen LogP contribution in [0.5, 0.6) is 0 Å². The first-order valence-corrected chi connectivity index (χ1v) is 8.58. The van der Waals surface area contributed by atoms with E-state index in [4.69, 9.17) is 9.47 Å². The maximum atomic E-state index is 12.3. The van der Waals surface area contributed by atoms with E-state index in [9.17, 15) is 9.59 Å². The van der Waals surface area contributed by atoms with E-state index in [1.807, 2.05) is 19.2 Å². The fraction of sp³-hybridized carbons (Fsp3) is 0.625. The molecule has 22 heavy (non-hydrogen) atoms. The van der Waals surface area contributed by atoms with Crippen molar-refractivity contribution in [1.29, 1.82) is 0 Å². The summed E-state index contributed by atoms with van der Waals surface area (Å²) in [6, 6.07) is 3.49. The van der Waals surface area contributed by atoms with Gasteiger partial charge in [-0.25, -0.2) is 4.79 Å². The standard InChI is InChI=1S/C16H23NO4S/c1-11(2)9-13(21-16(19)14-6-4-8-22-14)15(18)17-10-12-5-3-7-20-12/h4,6,8,11-13H,3,5,7,9-10H2,1-2H3,(H,17,18)/t12-,13-/m1/s1. The van der Waals surface area contributed by atoms with Crippen LogP contribution in [0.1, 0.15) is 42.8 Å². The molecule has 0 saturated carbocycles. The molecule has 1 amide bonds. The molecule has 6 heteroatoms. The van der Waals surface area contributed by atoms with Crippen LogP contribution in [0.2, 0.25) is 0 Å².